The van der Waals surface area contributed by atoms with Crippen molar-refractivity contribution in [3.8, 4) is 11.5 Å². The van der Waals surface area contributed by atoms with Gasteiger partial charge in [0.15, 0.2) is 11.5 Å². The highest BCUT2D eigenvalue weighted by atomic mass is 16.6. The first-order valence-electron chi connectivity index (χ1n) is 12.2. The fourth-order valence-electron chi connectivity index (χ4n) is 3.94. The van der Waals surface area contributed by atoms with Crippen molar-refractivity contribution in [3.05, 3.63) is 38.5 Å². The van der Waals surface area contributed by atoms with Crippen LogP contribution in [0.1, 0.15) is 58.4 Å². The second-order valence-electron chi connectivity index (χ2n) is 9.93. The van der Waals surface area contributed by atoms with E-state index in [4.69, 9.17) is 9.84 Å². The molecule has 0 amide bonds. The Bertz CT molecular complexity index is 1290. The number of aromatic nitrogens is 4. The summed E-state index contributed by atoms with van der Waals surface area (Å²) in [5, 5.41) is 21.9. The maximum absolute atomic E-state index is 12.5. The van der Waals surface area contributed by atoms with E-state index < -0.39 is 23.0 Å². The van der Waals surface area contributed by atoms with Gasteiger partial charge < -0.3 is 24.8 Å². The summed E-state index contributed by atoms with van der Waals surface area (Å²) in [4.78, 5) is 47.0. The highest BCUT2D eigenvalue weighted by molar-refractivity contribution is 5.84. The summed E-state index contributed by atoms with van der Waals surface area (Å²) < 4.78 is 7.15. The van der Waals surface area contributed by atoms with E-state index in [0.717, 1.165) is 30.5 Å². The van der Waals surface area contributed by atoms with Gasteiger partial charge >= 0.3 is 11.7 Å². The van der Waals surface area contributed by atoms with Gasteiger partial charge in [0.25, 0.3) is 5.56 Å². The predicted octanol–water partition coefficient (Wildman–Crippen LogP) is 1.95. The molecule has 1 atom stereocenters. The van der Waals surface area contributed by atoms with Gasteiger partial charge in [-0.25, -0.2) is 9.78 Å². The van der Waals surface area contributed by atoms with Gasteiger partial charge in [-0.3, -0.25) is 14.6 Å². The molecule has 4 N–H and O–H groups in total. The quantitative estimate of drug-likeness (QED) is 0.175. The van der Waals surface area contributed by atoms with Crippen LogP contribution in [0.5, 0.6) is 0 Å². The number of nitrogens with zero attached hydrogens (tertiary/aromatic N) is 3. The molecule has 0 saturated heterocycles. The van der Waals surface area contributed by atoms with Gasteiger partial charge in [-0.2, -0.15) is 4.98 Å². The topological polar surface area (TPSA) is 159 Å². The van der Waals surface area contributed by atoms with E-state index >= 15 is 0 Å². The van der Waals surface area contributed by atoms with Gasteiger partial charge in [0.05, 0.1) is 23.7 Å². The minimum absolute atomic E-state index is 0.0860. The number of hydrogen-bond acceptors (Lipinski definition) is 9. The van der Waals surface area contributed by atoms with Crippen LogP contribution in [0.4, 0.5) is 5.69 Å². The van der Waals surface area contributed by atoms with E-state index in [1.54, 1.807) is 0 Å². The van der Waals surface area contributed by atoms with Gasteiger partial charge in [-0.05, 0) is 58.2 Å². The van der Waals surface area contributed by atoms with Crippen molar-refractivity contribution in [2.75, 3.05) is 18.5 Å². The van der Waals surface area contributed by atoms with Gasteiger partial charge in [0.1, 0.15) is 5.60 Å². The molecule has 2 aliphatic rings. The number of aliphatic hydroxyl groups excluding tert-OH is 2. The van der Waals surface area contributed by atoms with Crippen molar-refractivity contribution < 1.29 is 19.7 Å². The summed E-state index contributed by atoms with van der Waals surface area (Å²) in [5.74, 6) is -0.00804. The van der Waals surface area contributed by atoms with Crippen LogP contribution in [0.15, 0.2) is 21.7 Å². The molecule has 3 rings (SSSR count). The Kier molecular flexibility index (Phi) is 8.80. The fourth-order valence-corrected chi connectivity index (χ4v) is 3.94. The number of hydrogen-bond donors (Lipinski definition) is 4. The van der Waals surface area contributed by atoms with Crippen LogP contribution >= 0.6 is 0 Å². The van der Waals surface area contributed by atoms with Crippen LogP contribution in [0.25, 0.3) is 22.6 Å². The molecule has 0 fully saturated rings. The second-order valence-corrected chi connectivity index (χ2v) is 9.93. The van der Waals surface area contributed by atoms with Crippen molar-refractivity contribution >= 4 is 22.7 Å². The zero-order chi connectivity index (χ0) is 26.5. The Morgan fingerprint density at radius 1 is 1.17 bits per heavy atom. The third kappa shape index (κ3) is 7.11. The maximum Gasteiger partial charge on any atom is 0.349 e. The van der Waals surface area contributed by atoms with Crippen molar-refractivity contribution in [3.63, 3.8) is 0 Å². The molecule has 36 heavy (non-hydrogen) atoms. The van der Waals surface area contributed by atoms with E-state index in [0.29, 0.717) is 30.4 Å². The molecule has 1 aromatic carbocycles. The number of esters is 1. The lowest BCUT2D eigenvalue weighted by Crippen LogP contribution is -2.29. The minimum Gasteiger partial charge on any atom is -0.460 e. The number of H-pyrrole nitrogens is 1. The van der Waals surface area contributed by atoms with Gasteiger partial charge in [0.2, 0.25) is 0 Å². The van der Waals surface area contributed by atoms with E-state index in [1.807, 2.05) is 44.4 Å². The molecule has 11 heteroatoms. The number of fused-ring (bicyclic) bond motifs is 2. The molecule has 0 bridgehead atoms. The normalized spacial score (nSPS) is 12.7. The van der Waals surface area contributed by atoms with E-state index in [2.05, 4.69) is 20.3 Å². The molecule has 0 spiro atoms. The summed E-state index contributed by atoms with van der Waals surface area (Å²) in [6.45, 7) is 7.68. The zero-order valence-corrected chi connectivity index (χ0v) is 21.3. The number of ether oxygens (including phenoxy) is 1. The molecular formula is C25H35N5O6. The highest BCUT2D eigenvalue weighted by Gasteiger charge is 2.20. The number of aromatic amines is 1. The van der Waals surface area contributed by atoms with E-state index in [-0.39, 0.29) is 30.6 Å². The molecule has 0 saturated carbocycles. The predicted molar refractivity (Wildman–Crippen MR) is 136 cm³/mol. The first-order valence-corrected chi connectivity index (χ1v) is 12.2. The first kappa shape index (κ1) is 27.3. The van der Waals surface area contributed by atoms with Crippen LogP contribution < -0.4 is 16.6 Å². The number of unbranched alkanes of at least 4 members (excludes halogenated alkanes) is 3. The minimum atomic E-state index is -0.911. The third-order valence-corrected chi connectivity index (χ3v) is 5.63. The SMILES string of the molecule is Cc1cc2nc3c(=O)[nH]c(=O)nc-3n(CCCCCCC(=O)OC(C)(C)C)c2cc1NCC(O)CO. The molecule has 1 unspecified atom stereocenters. The van der Waals surface area contributed by atoms with Crippen molar-refractivity contribution in [2.24, 2.45) is 0 Å². The molecular weight excluding hydrogens is 466 g/mol. The lowest BCUT2D eigenvalue weighted by Gasteiger charge is -2.20. The molecule has 11 nitrogen and oxygen atoms in total. The lowest BCUT2D eigenvalue weighted by atomic mass is 10.1. The summed E-state index contributed by atoms with van der Waals surface area (Å²) in [6, 6.07) is 3.67. The Morgan fingerprint density at radius 2 is 1.89 bits per heavy atom. The summed E-state index contributed by atoms with van der Waals surface area (Å²) in [5.41, 5.74) is 1.09. The maximum atomic E-state index is 12.5. The number of carbonyl (C=O) groups excluding carboxylic acids is 1. The molecule has 2 aliphatic heterocycles. The van der Waals surface area contributed by atoms with Crippen LogP contribution in [-0.4, -0.2) is 60.6 Å². The van der Waals surface area contributed by atoms with Crippen LogP contribution in [0.3, 0.4) is 0 Å². The number of carbonyl (C=O) groups is 1. The second kappa shape index (κ2) is 11.6. The average molecular weight is 502 g/mol. The number of benzene rings is 1. The highest BCUT2D eigenvalue weighted by Crippen LogP contribution is 2.27. The van der Waals surface area contributed by atoms with Gasteiger partial charge in [0, 0.05) is 25.2 Å². The molecule has 0 radical (unpaired) electrons. The fraction of sp³-hybridized carbons (Fsp3) is 0.560. The number of aliphatic hydroxyl groups is 2. The Labute approximate surface area is 208 Å². The average Bonchev–Trinajstić information content (AvgIpc) is 2.78. The molecule has 196 valence electrons. The zero-order valence-electron chi connectivity index (χ0n) is 21.3. The summed E-state index contributed by atoms with van der Waals surface area (Å²) >= 11 is 0. The molecule has 2 heterocycles. The number of anilines is 1. The van der Waals surface area contributed by atoms with Crippen LogP contribution in [0, 0.1) is 6.92 Å². The molecule has 1 aromatic rings. The van der Waals surface area contributed by atoms with Crippen molar-refractivity contribution in [2.45, 2.75) is 78.0 Å². The Hall–Kier alpha value is -3.31. The van der Waals surface area contributed by atoms with Gasteiger partial charge in [-0.15, -0.1) is 0 Å². The van der Waals surface area contributed by atoms with Crippen LogP contribution in [0.2, 0.25) is 0 Å². The van der Waals surface area contributed by atoms with Crippen molar-refractivity contribution in [1.82, 2.24) is 19.5 Å². The van der Waals surface area contributed by atoms with Crippen molar-refractivity contribution in [1.29, 1.82) is 0 Å². The smallest absolute Gasteiger partial charge is 0.349 e. The largest absolute Gasteiger partial charge is 0.460 e. The summed E-state index contributed by atoms with van der Waals surface area (Å²) in [6.07, 6.45) is 2.54. The van der Waals surface area contributed by atoms with E-state index in [9.17, 15) is 19.5 Å². The molecule has 0 aromatic heterocycles. The molecule has 0 aliphatic carbocycles. The lowest BCUT2D eigenvalue weighted by molar-refractivity contribution is -0.154. The van der Waals surface area contributed by atoms with Crippen LogP contribution in [-0.2, 0) is 16.1 Å². The Balaban J connectivity index is 1.83. The standard InChI is InChI=1S/C25H35N5O6/c1-15-11-18-19(12-17(15)26-13-16(32)14-31)30(22-21(27-18)23(34)29-24(35)28-22)10-8-6-5-7-9-20(33)36-25(2,3)4/h11-12,16,26,31-32H,5-10,13-14H2,1-4H3,(H,29,34,35). The number of nitrogens with one attached hydrogen (secondary N) is 2. The number of aryl methyl sites for hydroxylation is 2. The van der Waals surface area contributed by atoms with E-state index in [1.165, 1.54) is 0 Å². The Morgan fingerprint density at radius 3 is 2.58 bits per heavy atom. The third-order valence-electron chi connectivity index (χ3n) is 5.63. The number of rotatable bonds is 11. The summed E-state index contributed by atoms with van der Waals surface area (Å²) in [7, 11) is 0. The monoisotopic (exact) mass is 501 g/mol. The van der Waals surface area contributed by atoms with Gasteiger partial charge in [-0.1, -0.05) is 12.8 Å². The first-order chi connectivity index (χ1) is 17.0.